The van der Waals surface area contributed by atoms with Gasteiger partial charge < -0.3 is 20.7 Å². The Bertz CT molecular complexity index is 459. The molecule has 1 amide bonds. The number of ether oxygens (including phenoxy) is 1. The third-order valence-electron chi connectivity index (χ3n) is 3.20. The highest BCUT2D eigenvalue weighted by Crippen LogP contribution is 2.12. The Hall–Kier alpha value is -1.66. The molecular formula is C17H30N4O2. The first-order valence-electron chi connectivity index (χ1n) is 8.12. The van der Waals surface area contributed by atoms with Gasteiger partial charge in [-0.05, 0) is 52.3 Å². The molecule has 0 aliphatic carbocycles. The van der Waals surface area contributed by atoms with Gasteiger partial charge >= 0.3 is 6.09 Å². The van der Waals surface area contributed by atoms with Crippen molar-refractivity contribution in [3.05, 3.63) is 30.1 Å². The summed E-state index contributed by atoms with van der Waals surface area (Å²) < 4.78 is 5.50. The van der Waals surface area contributed by atoms with Crippen LogP contribution in [0.25, 0.3) is 0 Å². The molecule has 6 heteroatoms. The lowest BCUT2D eigenvalue weighted by Crippen LogP contribution is -2.39. The molecule has 3 N–H and O–H groups in total. The van der Waals surface area contributed by atoms with Gasteiger partial charge in [0.05, 0.1) is 6.54 Å². The van der Waals surface area contributed by atoms with Crippen LogP contribution in [-0.4, -0.2) is 47.3 Å². The van der Waals surface area contributed by atoms with E-state index in [4.69, 9.17) is 10.5 Å². The largest absolute Gasteiger partial charge is 0.444 e. The minimum absolute atomic E-state index is 0.281. The lowest BCUT2D eigenvalue weighted by Gasteiger charge is -2.27. The summed E-state index contributed by atoms with van der Waals surface area (Å²) in [6, 6.07) is 4.11. The van der Waals surface area contributed by atoms with Gasteiger partial charge in [0.15, 0.2) is 0 Å². The van der Waals surface area contributed by atoms with E-state index in [1.54, 1.807) is 17.3 Å². The quantitative estimate of drug-likeness (QED) is 0.717. The molecule has 1 heterocycles. The number of nitrogens with one attached hydrogen (secondary N) is 1. The monoisotopic (exact) mass is 322 g/mol. The second kappa shape index (κ2) is 9.47. The highest BCUT2D eigenvalue weighted by atomic mass is 16.6. The first kappa shape index (κ1) is 19.4. The van der Waals surface area contributed by atoms with Crippen LogP contribution in [-0.2, 0) is 11.3 Å². The van der Waals surface area contributed by atoms with Crippen molar-refractivity contribution in [3.63, 3.8) is 0 Å². The van der Waals surface area contributed by atoms with E-state index in [1.807, 2.05) is 39.8 Å². The van der Waals surface area contributed by atoms with Gasteiger partial charge in [0, 0.05) is 31.5 Å². The summed E-state index contributed by atoms with van der Waals surface area (Å²) in [7, 11) is 0. The highest BCUT2D eigenvalue weighted by molar-refractivity contribution is 5.68. The van der Waals surface area contributed by atoms with E-state index in [9.17, 15) is 4.79 Å². The van der Waals surface area contributed by atoms with Crippen molar-refractivity contribution < 1.29 is 9.53 Å². The summed E-state index contributed by atoms with van der Waals surface area (Å²) in [6.45, 7) is 10.2. The topological polar surface area (TPSA) is 80.5 Å². The van der Waals surface area contributed by atoms with Crippen LogP contribution in [0.1, 0.15) is 39.7 Å². The third kappa shape index (κ3) is 8.52. The first-order valence-corrected chi connectivity index (χ1v) is 8.12. The number of rotatable bonds is 8. The predicted octanol–water partition coefficient (Wildman–Crippen LogP) is 2.15. The van der Waals surface area contributed by atoms with Gasteiger partial charge in [0.25, 0.3) is 0 Å². The van der Waals surface area contributed by atoms with Gasteiger partial charge in [-0.1, -0.05) is 6.07 Å². The van der Waals surface area contributed by atoms with Crippen LogP contribution in [0, 0.1) is 0 Å². The van der Waals surface area contributed by atoms with Crippen LogP contribution >= 0.6 is 0 Å². The predicted molar refractivity (Wildman–Crippen MR) is 92.0 cm³/mol. The van der Waals surface area contributed by atoms with Crippen LogP contribution in [0.5, 0.6) is 0 Å². The van der Waals surface area contributed by atoms with Crippen molar-refractivity contribution in [1.82, 2.24) is 15.2 Å². The Labute approximate surface area is 139 Å². The Morgan fingerprint density at radius 3 is 2.78 bits per heavy atom. The lowest BCUT2D eigenvalue weighted by molar-refractivity contribution is 0.0231. The Morgan fingerprint density at radius 1 is 1.48 bits per heavy atom. The second-order valence-electron chi connectivity index (χ2n) is 6.71. The Kier molecular flexibility index (Phi) is 7.98. The van der Waals surface area contributed by atoms with Gasteiger partial charge in [0.2, 0.25) is 0 Å². The van der Waals surface area contributed by atoms with Crippen LogP contribution in [0.2, 0.25) is 0 Å². The Morgan fingerprint density at radius 2 is 2.22 bits per heavy atom. The average molecular weight is 322 g/mol. The summed E-state index contributed by atoms with van der Waals surface area (Å²) >= 11 is 0. The number of nitrogens with zero attached hydrogens (tertiary/aromatic N) is 2. The first-order chi connectivity index (χ1) is 10.8. The number of carbonyl (C=O) groups is 1. The van der Waals surface area contributed by atoms with Gasteiger partial charge in [0.1, 0.15) is 5.60 Å². The van der Waals surface area contributed by atoms with Gasteiger partial charge in [-0.3, -0.25) is 4.98 Å². The maximum atomic E-state index is 12.4. The van der Waals surface area contributed by atoms with Crippen molar-refractivity contribution in [3.8, 4) is 0 Å². The molecule has 0 aliphatic heterocycles. The lowest BCUT2D eigenvalue weighted by atomic mass is 10.2. The number of nitrogens with two attached hydrogens (primary N) is 1. The van der Waals surface area contributed by atoms with E-state index in [0.717, 1.165) is 18.5 Å². The summed E-state index contributed by atoms with van der Waals surface area (Å²) in [6.07, 6.45) is 4.03. The summed E-state index contributed by atoms with van der Waals surface area (Å²) in [5.41, 5.74) is 6.06. The van der Waals surface area contributed by atoms with E-state index in [2.05, 4.69) is 10.3 Å². The normalized spacial score (nSPS) is 12.7. The fourth-order valence-corrected chi connectivity index (χ4v) is 1.98. The zero-order valence-electron chi connectivity index (χ0n) is 14.7. The number of carbonyl (C=O) groups excluding carboxylic acids is 1. The fraction of sp³-hybridized carbons (Fsp3) is 0.647. The van der Waals surface area contributed by atoms with Crippen LogP contribution in [0.3, 0.4) is 0 Å². The molecule has 0 fully saturated rings. The van der Waals surface area contributed by atoms with Gasteiger partial charge in [-0.25, -0.2) is 4.79 Å². The molecule has 0 aromatic carbocycles. The number of pyridine rings is 1. The minimum atomic E-state index is -0.503. The number of hydrogen-bond donors (Lipinski definition) is 2. The van der Waals surface area contributed by atoms with E-state index in [-0.39, 0.29) is 12.1 Å². The van der Waals surface area contributed by atoms with E-state index in [0.29, 0.717) is 19.6 Å². The van der Waals surface area contributed by atoms with Crippen molar-refractivity contribution in [1.29, 1.82) is 0 Å². The van der Waals surface area contributed by atoms with Gasteiger partial charge in [-0.2, -0.15) is 0 Å². The third-order valence-corrected chi connectivity index (χ3v) is 3.20. The van der Waals surface area contributed by atoms with Crippen LogP contribution in [0.4, 0.5) is 4.79 Å². The molecule has 0 bridgehead atoms. The van der Waals surface area contributed by atoms with E-state index in [1.165, 1.54) is 0 Å². The van der Waals surface area contributed by atoms with Crippen molar-refractivity contribution in [2.45, 2.75) is 52.3 Å². The molecule has 6 nitrogen and oxygen atoms in total. The molecule has 23 heavy (non-hydrogen) atoms. The molecule has 1 aromatic heterocycles. The maximum absolute atomic E-state index is 12.4. The SMILES string of the molecule is CC(CN)NCCCN(Cc1cccnc1)C(=O)OC(C)(C)C. The highest BCUT2D eigenvalue weighted by Gasteiger charge is 2.22. The van der Waals surface area contributed by atoms with Crippen molar-refractivity contribution >= 4 is 6.09 Å². The molecule has 1 aromatic rings. The summed E-state index contributed by atoms with van der Waals surface area (Å²) in [5, 5.41) is 3.32. The zero-order valence-corrected chi connectivity index (χ0v) is 14.7. The average Bonchev–Trinajstić information content (AvgIpc) is 2.49. The molecule has 0 spiro atoms. The molecule has 1 atom stereocenters. The molecule has 0 aliphatic rings. The van der Waals surface area contributed by atoms with Crippen molar-refractivity contribution in [2.75, 3.05) is 19.6 Å². The molecule has 1 rings (SSSR count). The zero-order chi connectivity index (χ0) is 17.3. The molecule has 130 valence electrons. The van der Waals surface area contributed by atoms with E-state index < -0.39 is 5.60 Å². The molecule has 0 saturated heterocycles. The summed E-state index contributed by atoms with van der Waals surface area (Å²) in [5.74, 6) is 0. The number of hydrogen-bond acceptors (Lipinski definition) is 5. The number of amides is 1. The fourth-order valence-electron chi connectivity index (χ4n) is 1.98. The van der Waals surface area contributed by atoms with Gasteiger partial charge in [-0.15, -0.1) is 0 Å². The molecular weight excluding hydrogens is 292 g/mol. The van der Waals surface area contributed by atoms with Crippen molar-refractivity contribution in [2.24, 2.45) is 5.73 Å². The molecule has 0 saturated carbocycles. The maximum Gasteiger partial charge on any atom is 0.410 e. The number of aromatic nitrogens is 1. The van der Waals surface area contributed by atoms with Crippen LogP contribution in [0.15, 0.2) is 24.5 Å². The summed E-state index contributed by atoms with van der Waals surface area (Å²) in [4.78, 5) is 18.2. The molecule has 0 radical (unpaired) electrons. The van der Waals surface area contributed by atoms with Crippen LogP contribution < -0.4 is 11.1 Å². The second-order valence-corrected chi connectivity index (χ2v) is 6.71. The smallest absolute Gasteiger partial charge is 0.410 e. The standard InChI is InChI=1S/C17H30N4O2/c1-14(11-18)20-9-6-10-21(16(22)23-17(2,3)4)13-15-7-5-8-19-12-15/h5,7-8,12,14,20H,6,9-11,13,18H2,1-4H3. The minimum Gasteiger partial charge on any atom is -0.444 e. The molecule has 1 unspecified atom stereocenters. The Balaban J connectivity index is 2.59. The van der Waals surface area contributed by atoms with E-state index >= 15 is 0 Å².